The summed E-state index contributed by atoms with van der Waals surface area (Å²) in [6.07, 6.45) is 4.51. The molecule has 0 spiro atoms. The number of hydrogen-bond acceptors (Lipinski definition) is 3. The fraction of sp³-hybridized carbons (Fsp3) is 0.611. The standard InChI is InChI=1S/C18H27NO2/c1-4-9-16-14-18(12-13-19(16)3,21-17(20)5-2)15-10-7-6-8-11-15/h6-8,10-11,16H,4-5,9,12-14H2,1-3H3. The van der Waals surface area contributed by atoms with E-state index in [0.717, 1.165) is 37.8 Å². The smallest absolute Gasteiger partial charge is 0.306 e. The molecule has 1 aliphatic heterocycles. The topological polar surface area (TPSA) is 29.5 Å². The fourth-order valence-electron chi connectivity index (χ4n) is 3.28. The van der Waals surface area contributed by atoms with Crippen LogP contribution in [0.4, 0.5) is 0 Å². The molecule has 21 heavy (non-hydrogen) atoms. The second kappa shape index (κ2) is 7.08. The summed E-state index contributed by atoms with van der Waals surface area (Å²) >= 11 is 0. The van der Waals surface area contributed by atoms with Crippen LogP contribution < -0.4 is 0 Å². The number of hydrogen-bond donors (Lipinski definition) is 0. The first-order chi connectivity index (χ1) is 10.1. The van der Waals surface area contributed by atoms with Gasteiger partial charge in [-0.2, -0.15) is 0 Å². The van der Waals surface area contributed by atoms with Gasteiger partial charge in [0.1, 0.15) is 5.60 Å². The molecule has 0 aliphatic carbocycles. The highest BCUT2D eigenvalue weighted by molar-refractivity contribution is 5.69. The van der Waals surface area contributed by atoms with Crippen molar-refractivity contribution < 1.29 is 9.53 Å². The van der Waals surface area contributed by atoms with Crippen LogP contribution in [0.3, 0.4) is 0 Å². The zero-order valence-electron chi connectivity index (χ0n) is 13.5. The lowest BCUT2D eigenvalue weighted by Gasteiger charge is -2.45. The quantitative estimate of drug-likeness (QED) is 0.774. The Morgan fingerprint density at radius 1 is 1.33 bits per heavy atom. The van der Waals surface area contributed by atoms with Crippen LogP contribution >= 0.6 is 0 Å². The zero-order valence-corrected chi connectivity index (χ0v) is 13.5. The van der Waals surface area contributed by atoms with E-state index in [-0.39, 0.29) is 5.97 Å². The van der Waals surface area contributed by atoms with Gasteiger partial charge in [0, 0.05) is 31.8 Å². The average molecular weight is 289 g/mol. The van der Waals surface area contributed by atoms with Crippen LogP contribution in [0.25, 0.3) is 0 Å². The Morgan fingerprint density at radius 2 is 2.05 bits per heavy atom. The third-order valence-corrected chi connectivity index (χ3v) is 4.58. The Morgan fingerprint density at radius 3 is 2.67 bits per heavy atom. The third kappa shape index (κ3) is 3.65. The minimum absolute atomic E-state index is 0.0985. The molecule has 1 saturated heterocycles. The van der Waals surface area contributed by atoms with E-state index in [9.17, 15) is 4.79 Å². The van der Waals surface area contributed by atoms with Gasteiger partial charge in [0.05, 0.1) is 0 Å². The van der Waals surface area contributed by atoms with Crippen LogP contribution in [-0.2, 0) is 15.1 Å². The largest absolute Gasteiger partial charge is 0.454 e. The minimum atomic E-state index is -0.444. The van der Waals surface area contributed by atoms with Gasteiger partial charge in [-0.05, 0) is 19.0 Å². The van der Waals surface area contributed by atoms with E-state index in [1.54, 1.807) is 0 Å². The highest BCUT2D eigenvalue weighted by Crippen LogP contribution is 2.40. The zero-order chi connectivity index (χ0) is 15.3. The van der Waals surface area contributed by atoms with Gasteiger partial charge in [-0.1, -0.05) is 50.6 Å². The minimum Gasteiger partial charge on any atom is -0.454 e. The molecule has 0 radical (unpaired) electrons. The lowest BCUT2D eigenvalue weighted by molar-refractivity contribution is -0.169. The second-order valence-electron chi connectivity index (χ2n) is 6.07. The summed E-state index contributed by atoms with van der Waals surface area (Å²) in [6.45, 7) is 5.04. The second-order valence-corrected chi connectivity index (χ2v) is 6.07. The number of benzene rings is 1. The van der Waals surface area contributed by atoms with E-state index in [1.165, 1.54) is 0 Å². The number of carbonyl (C=O) groups excluding carboxylic acids is 1. The summed E-state index contributed by atoms with van der Waals surface area (Å²) in [7, 11) is 2.18. The molecule has 116 valence electrons. The molecule has 3 heteroatoms. The summed E-state index contributed by atoms with van der Waals surface area (Å²) in [5, 5.41) is 0. The van der Waals surface area contributed by atoms with Crippen LogP contribution in [0.5, 0.6) is 0 Å². The molecule has 1 fully saturated rings. The summed E-state index contributed by atoms with van der Waals surface area (Å²) in [5.74, 6) is -0.0985. The monoisotopic (exact) mass is 289 g/mol. The van der Waals surface area contributed by atoms with Gasteiger partial charge in [-0.3, -0.25) is 4.79 Å². The van der Waals surface area contributed by atoms with Gasteiger partial charge < -0.3 is 9.64 Å². The molecule has 1 aromatic carbocycles. The number of esters is 1. The van der Waals surface area contributed by atoms with Gasteiger partial charge >= 0.3 is 5.97 Å². The lowest BCUT2D eigenvalue weighted by atomic mass is 9.79. The van der Waals surface area contributed by atoms with Gasteiger partial charge in [0.2, 0.25) is 0 Å². The van der Waals surface area contributed by atoms with Crippen molar-refractivity contribution in [2.75, 3.05) is 13.6 Å². The summed E-state index contributed by atoms with van der Waals surface area (Å²) < 4.78 is 5.97. The molecule has 0 saturated carbocycles. The predicted octanol–water partition coefficient (Wildman–Crippen LogP) is 3.73. The Labute approximate surface area is 128 Å². The van der Waals surface area contributed by atoms with E-state index in [0.29, 0.717) is 12.5 Å². The number of rotatable bonds is 5. The molecule has 3 nitrogen and oxygen atoms in total. The van der Waals surface area contributed by atoms with Gasteiger partial charge in [0.15, 0.2) is 0 Å². The van der Waals surface area contributed by atoms with Crippen molar-refractivity contribution in [2.45, 2.75) is 57.6 Å². The van der Waals surface area contributed by atoms with Crippen LogP contribution in [0.2, 0.25) is 0 Å². The van der Waals surface area contributed by atoms with Crippen molar-refractivity contribution in [1.29, 1.82) is 0 Å². The number of nitrogens with zero attached hydrogens (tertiary/aromatic N) is 1. The van der Waals surface area contributed by atoms with E-state index < -0.39 is 5.60 Å². The molecule has 1 aliphatic rings. The SMILES string of the molecule is CCCC1CC(OC(=O)CC)(c2ccccc2)CCN1C. The molecule has 0 aromatic heterocycles. The first kappa shape index (κ1) is 16.0. The highest BCUT2D eigenvalue weighted by atomic mass is 16.6. The number of piperidine rings is 1. The maximum absolute atomic E-state index is 12.0. The Bertz CT molecular complexity index is 460. The third-order valence-electron chi connectivity index (χ3n) is 4.58. The van der Waals surface area contributed by atoms with E-state index in [4.69, 9.17) is 4.74 Å². The average Bonchev–Trinajstić information content (AvgIpc) is 2.52. The molecule has 0 amide bonds. The summed E-state index contributed by atoms with van der Waals surface area (Å²) in [5.41, 5.74) is 0.696. The van der Waals surface area contributed by atoms with Crippen LogP contribution in [0.1, 0.15) is 51.5 Å². The lowest BCUT2D eigenvalue weighted by Crippen LogP contribution is -2.49. The first-order valence-corrected chi connectivity index (χ1v) is 8.09. The van der Waals surface area contributed by atoms with Crippen LogP contribution in [0, 0.1) is 0 Å². The molecular formula is C18H27NO2. The van der Waals surface area contributed by atoms with Crippen molar-refractivity contribution in [1.82, 2.24) is 4.90 Å². The van der Waals surface area contributed by atoms with Crippen molar-refractivity contribution in [3.8, 4) is 0 Å². The number of likely N-dealkylation sites (tertiary alicyclic amines) is 1. The molecule has 2 rings (SSSR count). The molecular weight excluding hydrogens is 262 g/mol. The van der Waals surface area contributed by atoms with Crippen molar-refractivity contribution in [3.63, 3.8) is 0 Å². The summed E-state index contributed by atoms with van der Waals surface area (Å²) in [6, 6.07) is 10.7. The maximum atomic E-state index is 12.0. The molecule has 1 aromatic rings. The van der Waals surface area contributed by atoms with Crippen molar-refractivity contribution >= 4 is 5.97 Å². The number of carbonyl (C=O) groups is 1. The Kier molecular flexibility index (Phi) is 5.40. The summed E-state index contributed by atoms with van der Waals surface area (Å²) in [4.78, 5) is 14.4. The molecule has 0 N–H and O–H groups in total. The predicted molar refractivity (Wildman–Crippen MR) is 85.1 cm³/mol. The highest BCUT2D eigenvalue weighted by Gasteiger charge is 2.42. The van der Waals surface area contributed by atoms with Crippen LogP contribution in [0.15, 0.2) is 30.3 Å². The van der Waals surface area contributed by atoms with Gasteiger partial charge in [0.25, 0.3) is 0 Å². The Balaban J connectivity index is 2.30. The van der Waals surface area contributed by atoms with Gasteiger partial charge in [-0.25, -0.2) is 0 Å². The van der Waals surface area contributed by atoms with E-state index in [2.05, 4.69) is 31.0 Å². The van der Waals surface area contributed by atoms with Crippen molar-refractivity contribution in [3.05, 3.63) is 35.9 Å². The molecule has 1 heterocycles. The van der Waals surface area contributed by atoms with Crippen LogP contribution in [-0.4, -0.2) is 30.5 Å². The van der Waals surface area contributed by atoms with E-state index >= 15 is 0 Å². The molecule has 2 unspecified atom stereocenters. The maximum Gasteiger partial charge on any atom is 0.306 e. The molecule has 0 bridgehead atoms. The van der Waals surface area contributed by atoms with E-state index in [1.807, 2.05) is 25.1 Å². The fourth-order valence-corrected chi connectivity index (χ4v) is 3.28. The first-order valence-electron chi connectivity index (χ1n) is 8.09. The van der Waals surface area contributed by atoms with Gasteiger partial charge in [-0.15, -0.1) is 0 Å². The Hall–Kier alpha value is -1.35. The van der Waals surface area contributed by atoms with Crippen molar-refractivity contribution in [2.24, 2.45) is 0 Å². The molecule has 2 atom stereocenters. The normalized spacial score (nSPS) is 26.5. The number of ether oxygens (including phenoxy) is 1.